The van der Waals surface area contributed by atoms with Crippen molar-refractivity contribution >= 4 is 0 Å². The second kappa shape index (κ2) is 13.8. The third-order valence-electron chi connectivity index (χ3n) is 1.95. The van der Waals surface area contributed by atoms with Gasteiger partial charge in [0.1, 0.15) is 0 Å². The smallest absolute Gasteiger partial charge is 0.0963 e. The molecule has 0 aliphatic heterocycles. The molecule has 0 saturated heterocycles. The molecule has 0 unspecified atom stereocenters. The van der Waals surface area contributed by atoms with Crippen LogP contribution in [0.4, 0.5) is 0 Å². The summed E-state index contributed by atoms with van der Waals surface area (Å²) in [6.45, 7) is 18.8. The lowest BCUT2D eigenvalue weighted by Crippen LogP contribution is -1.94. The third kappa shape index (κ3) is 11.3. The first kappa shape index (κ1) is 19.1. The van der Waals surface area contributed by atoms with Crippen molar-refractivity contribution in [3.8, 4) is 0 Å². The summed E-state index contributed by atoms with van der Waals surface area (Å²) in [5, 5.41) is 0. The molecular weight excluding hydrogens is 220 g/mol. The van der Waals surface area contributed by atoms with Gasteiger partial charge in [0, 0.05) is 6.42 Å². The molecule has 0 amide bonds. The minimum absolute atomic E-state index is 0.775. The molecule has 0 rings (SSSR count). The minimum Gasteiger partial charge on any atom is -0.498 e. The highest BCUT2D eigenvalue weighted by Crippen LogP contribution is 2.14. The van der Waals surface area contributed by atoms with Crippen LogP contribution in [-0.4, -0.2) is 6.61 Å². The van der Waals surface area contributed by atoms with E-state index >= 15 is 0 Å². The van der Waals surface area contributed by atoms with Crippen LogP contribution in [0.1, 0.15) is 53.9 Å². The lowest BCUT2D eigenvalue weighted by atomic mass is 10.1. The van der Waals surface area contributed by atoms with Gasteiger partial charge in [-0.1, -0.05) is 65.0 Å². The highest BCUT2D eigenvalue weighted by Gasteiger charge is 1.98. The van der Waals surface area contributed by atoms with Gasteiger partial charge in [0.2, 0.25) is 0 Å². The third-order valence-corrected chi connectivity index (χ3v) is 1.95. The molecule has 0 bridgehead atoms. The molecule has 0 spiro atoms. The monoisotopic (exact) mass is 250 g/mol. The summed E-state index contributed by atoms with van der Waals surface area (Å²) in [5.74, 6) is 1.01. The van der Waals surface area contributed by atoms with Gasteiger partial charge in [-0.15, -0.1) is 0 Å². The van der Waals surface area contributed by atoms with Crippen molar-refractivity contribution in [3.05, 3.63) is 48.3 Å². The fourth-order valence-electron chi connectivity index (χ4n) is 1.09. The van der Waals surface area contributed by atoms with Crippen LogP contribution in [0.25, 0.3) is 0 Å². The van der Waals surface area contributed by atoms with Crippen LogP contribution in [0.5, 0.6) is 0 Å². The average Bonchev–Trinajstić information content (AvgIpc) is 2.34. The van der Waals surface area contributed by atoms with Crippen molar-refractivity contribution in [2.24, 2.45) is 0 Å². The van der Waals surface area contributed by atoms with Gasteiger partial charge in [0.05, 0.1) is 12.4 Å². The zero-order chi connectivity index (χ0) is 14.4. The summed E-state index contributed by atoms with van der Waals surface area (Å²) in [7, 11) is 0. The van der Waals surface area contributed by atoms with Gasteiger partial charge < -0.3 is 4.74 Å². The summed E-state index contributed by atoms with van der Waals surface area (Å²) in [5.41, 5.74) is 2.11. The number of allylic oxidation sites excluding steroid dienone is 6. The van der Waals surface area contributed by atoms with Gasteiger partial charge in [-0.25, -0.2) is 0 Å². The zero-order valence-corrected chi connectivity index (χ0v) is 12.9. The van der Waals surface area contributed by atoms with E-state index in [-0.39, 0.29) is 0 Å². The topological polar surface area (TPSA) is 9.23 Å². The van der Waals surface area contributed by atoms with Crippen molar-refractivity contribution in [3.63, 3.8) is 0 Å². The molecule has 1 heteroatoms. The molecule has 0 atom stereocenters. The van der Waals surface area contributed by atoms with E-state index < -0.39 is 0 Å². The molecule has 104 valence electrons. The van der Waals surface area contributed by atoms with Crippen LogP contribution < -0.4 is 0 Å². The lowest BCUT2D eigenvalue weighted by molar-refractivity contribution is 0.205. The second-order valence-electron chi connectivity index (χ2n) is 4.16. The Balaban J connectivity index is 0. The van der Waals surface area contributed by atoms with E-state index in [9.17, 15) is 0 Å². The quantitative estimate of drug-likeness (QED) is 0.409. The first-order chi connectivity index (χ1) is 8.56. The summed E-state index contributed by atoms with van der Waals surface area (Å²) < 4.78 is 5.61. The molecule has 1 nitrogen and oxygen atoms in total. The maximum Gasteiger partial charge on any atom is 0.0963 e. The summed E-state index contributed by atoms with van der Waals surface area (Å²) in [6, 6.07) is 0. The van der Waals surface area contributed by atoms with Crippen molar-refractivity contribution in [2.45, 2.75) is 53.9 Å². The number of ether oxygens (including phenoxy) is 1. The van der Waals surface area contributed by atoms with E-state index in [0.29, 0.717) is 0 Å². The van der Waals surface area contributed by atoms with Crippen LogP contribution in [-0.2, 0) is 4.74 Å². The van der Waals surface area contributed by atoms with Gasteiger partial charge in [0.25, 0.3) is 0 Å². The Kier molecular flexibility index (Phi) is 14.7. The van der Waals surface area contributed by atoms with Gasteiger partial charge in [-0.3, -0.25) is 0 Å². The van der Waals surface area contributed by atoms with Crippen LogP contribution in [0.2, 0.25) is 0 Å². The number of hydrogen-bond donors (Lipinski definition) is 0. The Hall–Kier alpha value is -1.24. The molecule has 0 N–H and O–H groups in total. The fraction of sp³-hybridized carbons (Fsp3) is 0.529. The van der Waals surface area contributed by atoms with Crippen LogP contribution in [0.15, 0.2) is 48.3 Å². The van der Waals surface area contributed by atoms with E-state index in [4.69, 9.17) is 4.74 Å². The molecule has 18 heavy (non-hydrogen) atoms. The summed E-state index contributed by atoms with van der Waals surface area (Å²) in [6.07, 6.45) is 8.95. The first-order valence-electron chi connectivity index (χ1n) is 6.89. The highest BCUT2D eigenvalue weighted by atomic mass is 16.5. The molecule has 0 aromatic heterocycles. The Bertz CT molecular complexity index is 282. The maximum atomic E-state index is 5.61. The minimum atomic E-state index is 0.775. The zero-order valence-electron chi connectivity index (χ0n) is 12.9. The van der Waals surface area contributed by atoms with Gasteiger partial charge in [0.15, 0.2) is 0 Å². The molecule has 0 aromatic rings. The second-order valence-corrected chi connectivity index (χ2v) is 4.16. The normalized spacial score (nSPS) is 11.4. The fourth-order valence-corrected chi connectivity index (χ4v) is 1.09. The van der Waals surface area contributed by atoms with E-state index in [0.717, 1.165) is 36.4 Å². The Labute approximate surface area is 114 Å². The first-order valence-corrected chi connectivity index (χ1v) is 6.89. The Morgan fingerprint density at radius 3 is 2.06 bits per heavy atom. The predicted molar refractivity (Wildman–Crippen MR) is 83.7 cm³/mol. The number of hydrogen-bond acceptors (Lipinski definition) is 1. The Morgan fingerprint density at radius 1 is 1.17 bits per heavy atom. The molecule has 0 saturated carbocycles. The summed E-state index contributed by atoms with van der Waals surface area (Å²) >= 11 is 0. The molecule has 0 heterocycles. The van der Waals surface area contributed by atoms with Crippen molar-refractivity contribution in [2.75, 3.05) is 6.61 Å². The van der Waals surface area contributed by atoms with Crippen LogP contribution >= 0.6 is 0 Å². The van der Waals surface area contributed by atoms with E-state index in [1.807, 2.05) is 19.1 Å². The van der Waals surface area contributed by atoms with E-state index in [1.54, 1.807) is 6.08 Å². The molecule has 0 radical (unpaired) electrons. The summed E-state index contributed by atoms with van der Waals surface area (Å²) in [4.78, 5) is 0. The van der Waals surface area contributed by atoms with Gasteiger partial charge in [-0.05, 0) is 25.0 Å². The molecule has 0 fully saturated rings. The largest absolute Gasteiger partial charge is 0.498 e. The number of rotatable bonds is 7. The SMILES string of the molecule is C=C/C=C(\C=C(/CC)OCCC)C(=C)C.CCC. The predicted octanol–water partition coefficient (Wildman–Crippen LogP) is 5.81. The molecule has 0 aliphatic rings. The van der Waals surface area contributed by atoms with E-state index in [1.165, 1.54) is 6.42 Å². The van der Waals surface area contributed by atoms with Crippen LogP contribution in [0.3, 0.4) is 0 Å². The maximum absolute atomic E-state index is 5.61. The van der Waals surface area contributed by atoms with Gasteiger partial charge in [-0.2, -0.15) is 0 Å². The highest BCUT2D eigenvalue weighted by molar-refractivity contribution is 5.39. The Morgan fingerprint density at radius 2 is 1.72 bits per heavy atom. The van der Waals surface area contributed by atoms with Crippen molar-refractivity contribution in [1.29, 1.82) is 0 Å². The standard InChI is InChI=1S/C14H22O.C3H8/c1-6-9-13(12(4)5)11-14(8-3)15-10-7-2;1-3-2/h6,9,11H,1,4,7-8,10H2,2-3,5H3;3H2,1-2H3/b13-9+,14-11+;. The lowest BCUT2D eigenvalue weighted by Gasteiger charge is -2.09. The van der Waals surface area contributed by atoms with Crippen molar-refractivity contribution in [1.82, 2.24) is 0 Å². The average molecular weight is 250 g/mol. The molecule has 0 aliphatic carbocycles. The molecule has 0 aromatic carbocycles. The van der Waals surface area contributed by atoms with E-state index in [2.05, 4.69) is 40.9 Å². The molecular formula is C17H30O. The van der Waals surface area contributed by atoms with Crippen molar-refractivity contribution < 1.29 is 4.74 Å². The van der Waals surface area contributed by atoms with Crippen LogP contribution in [0, 0.1) is 0 Å². The van der Waals surface area contributed by atoms with Gasteiger partial charge >= 0.3 is 0 Å².